The Hall–Kier alpha value is -1.95. The van der Waals surface area contributed by atoms with Gasteiger partial charge in [-0.25, -0.2) is 9.97 Å². The summed E-state index contributed by atoms with van der Waals surface area (Å²) in [5, 5.41) is 1.10. The molecule has 4 rings (SSSR count). The van der Waals surface area contributed by atoms with E-state index in [-0.39, 0.29) is 0 Å². The smallest absolute Gasteiger partial charge is 0.142 e. The van der Waals surface area contributed by atoms with Crippen LogP contribution in [0.25, 0.3) is 11.0 Å². The van der Waals surface area contributed by atoms with Crippen molar-refractivity contribution in [3.8, 4) is 0 Å². The number of carbonyl (C=O) groups excluding carboxylic acids is 1. The number of nitrogens with zero attached hydrogens (tertiary/aromatic N) is 4. The number of hydrogen-bond donors (Lipinski definition) is 1. The fraction of sp³-hybridized carbons (Fsp3) is 0.611. The molecule has 1 saturated carbocycles. The van der Waals surface area contributed by atoms with Crippen molar-refractivity contribution >= 4 is 23.1 Å². The van der Waals surface area contributed by atoms with Gasteiger partial charge in [-0.05, 0) is 50.1 Å². The molecule has 24 heavy (non-hydrogen) atoms. The third kappa shape index (κ3) is 2.79. The third-order valence-corrected chi connectivity index (χ3v) is 5.97. The van der Waals surface area contributed by atoms with E-state index in [4.69, 9.17) is 0 Å². The van der Waals surface area contributed by atoms with Gasteiger partial charge in [0.15, 0.2) is 0 Å². The van der Waals surface area contributed by atoms with Crippen LogP contribution in [0.15, 0.2) is 18.6 Å². The summed E-state index contributed by atoms with van der Waals surface area (Å²) in [5.41, 5.74) is 0.905. The van der Waals surface area contributed by atoms with Gasteiger partial charge in [-0.15, -0.1) is 0 Å². The van der Waals surface area contributed by atoms with Crippen molar-refractivity contribution in [2.45, 2.75) is 31.7 Å². The molecule has 1 unspecified atom stereocenters. The zero-order valence-corrected chi connectivity index (χ0v) is 14.2. The molecule has 2 fully saturated rings. The Labute approximate surface area is 142 Å². The summed E-state index contributed by atoms with van der Waals surface area (Å²) >= 11 is 0. The van der Waals surface area contributed by atoms with Gasteiger partial charge < -0.3 is 14.7 Å². The highest BCUT2D eigenvalue weighted by atomic mass is 16.1. The molecule has 3 atom stereocenters. The predicted octanol–water partition coefficient (Wildman–Crippen LogP) is 2.08. The quantitative estimate of drug-likeness (QED) is 0.871. The molecule has 6 nitrogen and oxygen atoms in total. The van der Waals surface area contributed by atoms with Crippen LogP contribution in [0, 0.1) is 11.8 Å². The zero-order chi connectivity index (χ0) is 16.5. The number of aldehydes is 1. The number of rotatable bonds is 4. The fourth-order valence-electron chi connectivity index (χ4n) is 4.60. The summed E-state index contributed by atoms with van der Waals surface area (Å²) in [7, 11) is 2.17. The second-order valence-corrected chi connectivity index (χ2v) is 7.25. The molecule has 1 N–H and O–H groups in total. The molecule has 2 aromatic rings. The van der Waals surface area contributed by atoms with E-state index in [0.29, 0.717) is 12.6 Å². The molecule has 3 heterocycles. The van der Waals surface area contributed by atoms with Crippen LogP contribution >= 0.6 is 0 Å². The first-order valence-electron chi connectivity index (χ1n) is 8.93. The lowest BCUT2D eigenvalue weighted by Gasteiger charge is -2.45. The van der Waals surface area contributed by atoms with Crippen LogP contribution in [0.5, 0.6) is 0 Å². The summed E-state index contributed by atoms with van der Waals surface area (Å²) in [4.78, 5) is 27.4. The topological polar surface area (TPSA) is 65.1 Å². The molecule has 0 aromatic carbocycles. The maximum atomic E-state index is 10.8. The van der Waals surface area contributed by atoms with E-state index in [1.54, 1.807) is 6.33 Å². The summed E-state index contributed by atoms with van der Waals surface area (Å²) in [5.74, 6) is 2.56. The van der Waals surface area contributed by atoms with Crippen molar-refractivity contribution in [2.75, 3.05) is 31.6 Å². The average molecular weight is 327 g/mol. The van der Waals surface area contributed by atoms with E-state index in [0.717, 1.165) is 48.1 Å². The molecule has 128 valence electrons. The number of carbonyl (C=O) groups is 1. The highest BCUT2D eigenvalue weighted by molar-refractivity contribution is 5.87. The van der Waals surface area contributed by atoms with Crippen LogP contribution in [-0.2, 0) is 4.79 Å². The number of hydrogen-bond acceptors (Lipinski definition) is 5. The van der Waals surface area contributed by atoms with Crippen LogP contribution in [0.3, 0.4) is 0 Å². The van der Waals surface area contributed by atoms with Gasteiger partial charge in [0, 0.05) is 25.8 Å². The van der Waals surface area contributed by atoms with Crippen molar-refractivity contribution < 1.29 is 4.79 Å². The number of aromatic nitrogens is 3. The molecule has 1 saturated heterocycles. The molecular formula is C18H25N5O. The Morgan fingerprint density at radius 3 is 3.12 bits per heavy atom. The van der Waals surface area contributed by atoms with E-state index in [2.05, 4.69) is 37.9 Å². The normalized spacial score (nSPS) is 27.8. The average Bonchev–Trinajstić information content (AvgIpc) is 3.09. The summed E-state index contributed by atoms with van der Waals surface area (Å²) < 4.78 is 0. The van der Waals surface area contributed by atoms with Crippen LogP contribution < -0.4 is 4.90 Å². The molecule has 1 aliphatic heterocycles. The molecule has 0 bridgehead atoms. The molecule has 6 heteroatoms. The molecule has 0 radical (unpaired) electrons. The second kappa shape index (κ2) is 6.51. The molecule has 0 spiro atoms. The minimum absolute atomic E-state index is 0.539. The first-order chi connectivity index (χ1) is 11.8. The number of fused-ring (bicyclic) bond motifs is 2. The van der Waals surface area contributed by atoms with Crippen molar-refractivity contribution in [3.63, 3.8) is 0 Å². The lowest BCUT2D eigenvalue weighted by atomic mass is 9.73. The Morgan fingerprint density at radius 2 is 2.25 bits per heavy atom. The largest absolute Gasteiger partial charge is 0.356 e. The van der Waals surface area contributed by atoms with Gasteiger partial charge in [0.2, 0.25) is 0 Å². The van der Waals surface area contributed by atoms with Gasteiger partial charge in [-0.2, -0.15) is 0 Å². The number of anilines is 1. The lowest BCUT2D eigenvalue weighted by Crippen LogP contribution is -2.47. The number of likely N-dealkylation sites (tertiary alicyclic amines) is 1. The first-order valence-corrected chi connectivity index (χ1v) is 8.93. The van der Waals surface area contributed by atoms with E-state index >= 15 is 0 Å². The van der Waals surface area contributed by atoms with Gasteiger partial charge in [0.25, 0.3) is 0 Å². The number of H-pyrrole nitrogens is 1. The minimum atomic E-state index is 0.539. The SMILES string of the molecule is CN(c1ncnc2[nH]ccc12)C1CC[C@H]2CN(CC=O)CC[C@H]2C1. The van der Waals surface area contributed by atoms with Gasteiger partial charge in [-0.1, -0.05) is 0 Å². The van der Waals surface area contributed by atoms with Crippen LogP contribution in [0.1, 0.15) is 25.7 Å². The fourth-order valence-corrected chi connectivity index (χ4v) is 4.60. The van der Waals surface area contributed by atoms with Crippen molar-refractivity contribution in [2.24, 2.45) is 11.8 Å². The van der Waals surface area contributed by atoms with E-state index in [1.165, 1.54) is 25.7 Å². The minimum Gasteiger partial charge on any atom is -0.356 e. The molecule has 1 aliphatic carbocycles. The van der Waals surface area contributed by atoms with Crippen LogP contribution in [-0.4, -0.2) is 58.9 Å². The van der Waals surface area contributed by atoms with Crippen molar-refractivity contribution in [3.05, 3.63) is 18.6 Å². The Balaban J connectivity index is 1.47. The Morgan fingerprint density at radius 1 is 1.33 bits per heavy atom. The van der Waals surface area contributed by atoms with E-state index in [1.807, 2.05) is 6.20 Å². The van der Waals surface area contributed by atoms with Crippen molar-refractivity contribution in [1.82, 2.24) is 19.9 Å². The second-order valence-electron chi connectivity index (χ2n) is 7.25. The zero-order valence-electron chi connectivity index (χ0n) is 14.2. The summed E-state index contributed by atoms with van der Waals surface area (Å²) in [6.45, 7) is 2.75. The summed E-state index contributed by atoms with van der Waals surface area (Å²) in [6.07, 6.45) is 9.50. The predicted molar refractivity (Wildman–Crippen MR) is 94.0 cm³/mol. The van der Waals surface area contributed by atoms with Crippen LogP contribution in [0.2, 0.25) is 0 Å². The number of aromatic amines is 1. The van der Waals surface area contributed by atoms with E-state index in [9.17, 15) is 4.79 Å². The maximum Gasteiger partial charge on any atom is 0.142 e. The Bertz CT molecular complexity index is 714. The highest BCUT2D eigenvalue weighted by Gasteiger charge is 2.36. The highest BCUT2D eigenvalue weighted by Crippen LogP contribution is 2.39. The lowest BCUT2D eigenvalue weighted by molar-refractivity contribution is -0.109. The number of piperidine rings is 1. The Kier molecular flexibility index (Phi) is 4.22. The molecule has 2 aliphatic rings. The molecular weight excluding hydrogens is 302 g/mol. The van der Waals surface area contributed by atoms with Crippen molar-refractivity contribution in [1.29, 1.82) is 0 Å². The number of nitrogens with one attached hydrogen (secondary N) is 1. The van der Waals surface area contributed by atoms with Gasteiger partial charge in [-0.3, -0.25) is 4.90 Å². The molecule has 0 amide bonds. The third-order valence-electron chi connectivity index (χ3n) is 5.97. The maximum absolute atomic E-state index is 10.8. The van der Waals surface area contributed by atoms with E-state index < -0.39 is 0 Å². The monoisotopic (exact) mass is 327 g/mol. The van der Waals surface area contributed by atoms with Gasteiger partial charge in [0.1, 0.15) is 24.1 Å². The van der Waals surface area contributed by atoms with Gasteiger partial charge >= 0.3 is 0 Å². The van der Waals surface area contributed by atoms with Gasteiger partial charge in [0.05, 0.1) is 11.9 Å². The standard InChI is InChI=1S/C18H25N5O/c1-22(18-16-4-6-19-17(16)20-12-21-18)15-3-2-14-11-23(8-9-24)7-5-13(14)10-15/h4,6,9,12-15H,2-3,5,7-8,10-11H2,1H3,(H,19,20,21)/t13-,14-,15?/m0/s1. The molecule has 2 aromatic heterocycles. The van der Waals surface area contributed by atoms with Crippen LogP contribution in [0.4, 0.5) is 5.82 Å². The first kappa shape index (κ1) is 15.6. The summed E-state index contributed by atoms with van der Waals surface area (Å²) in [6, 6.07) is 2.60.